The third-order valence-electron chi connectivity index (χ3n) is 2.02. The van der Waals surface area contributed by atoms with Crippen molar-refractivity contribution < 1.29 is 13.9 Å². The predicted molar refractivity (Wildman–Crippen MR) is 43.7 cm³/mol. The summed E-state index contributed by atoms with van der Waals surface area (Å²) in [5, 5.41) is 12.4. The molecule has 1 aromatic rings. The van der Waals surface area contributed by atoms with Crippen molar-refractivity contribution in [2.45, 2.75) is 26.8 Å². The Labute approximate surface area is 75.0 Å². The van der Waals surface area contributed by atoms with Crippen LogP contribution in [0.25, 0.3) is 0 Å². The van der Waals surface area contributed by atoms with Gasteiger partial charge in [0, 0.05) is 12.3 Å². The molecule has 1 heterocycles. The van der Waals surface area contributed by atoms with Crippen LogP contribution in [0.4, 0.5) is 8.78 Å². The lowest BCUT2D eigenvalue weighted by Crippen LogP contribution is -2.03. The monoisotopic (exact) mass is 190 g/mol. The van der Waals surface area contributed by atoms with Crippen molar-refractivity contribution >= 4 is 0 Å². The summed E-state index contributed by atoms with van der Waals surface area (Å²) in [5.74, 6) is 0. The molecule has 0 amide bonds. The molecule has 0 spiro atoms. The third-order valence-corrected chi connectivity index (χ3v) is 2.02. The average Bonchev–Trinajstić information content (AvgIpc) is 2.32. The molecule has 0 aromatic carbocycles. The number of hydrogen-bond donors (Lipinski definition) is 1. The van der Waals surface area contributed by atoms with Gasteiger partial charge in [-0.05, 0) is 25.8 Å². The van der Waals surface area contributed by atoms with Crippen molar-refractivity contribution in [1.29, 1.82) is 0 Å². The van der Waals surface area contributed by atoms with Crippen molar-refractivity contribution in [1.82, 2.24) is 9.78 Å². The molecule has 74 valence electrons. The predicted octanol–water partition coefficient (Wildman–Crippen LogP) is 1.43. The van der Waals surface area contributed by atoms with Crippen molar-refractivity contribution in [3.05, 3.63) is 17.0 Å². The van der Waals surface area contributed by atoms with Crippen LogP contribution in [0.2, 0.25) is 0 Å². The van der Waals surface area contributed by atoms with Crippen LogP contribution in [0.1, 0.15) is 23.5 Å². The van der Waals surface area contributed by atoms with Gasteiger partial charge in [0.15, 0.2) is 0 Å². The van der Waals surface area contributed by atoms with E-state index in [1.165, 1.54) is 0 Å². The second-order valence-corrected chi connectivity index (χ2v) is 2.85. The number of nitrogens with zero attached hydrogens (tertiary/aromatic N) is 2. The largest absolute Gasteiger partial charge is 0.396 e. The highest BCUT2D eigenvalue weighted by molar-refractivity contribution is 5.24. The number of aromatic nitrogens is 2. The molecule has 0 aliphatic carbocycles. The summed E-state index contributed by atoms with van der Waals surface area (Å²) in [7, 11) is 0. The Balaban J connectivity index is 3.07. The Hall–Kier alpha value is -0.970. The van der Waals surface area contributed by atoms with Crippen molar-refractivity contribution in [2.75, 3.05) is 6.61 Å². The Morgan fingerprint density at radius 1 is 1.46 bits per heavy atom. The fourth-order valence-electron chi connectivity index (χ4n) is 1.36. The summed E-state index contributed by atoms with van der Waals surface area (Å²) in [6, 6.07) is 0. The minimum absolute atomic E-state index is 0.0450. The fourth-order valence-corrected chi connectivity index (χ4v) is 1.36. The molecule has 0 bridgehead atoms. The molecule has 1 aromatic heterocycles. The van der Waals surface area contributed by atoms with Crippen LogP contribution in [0.15, 0.2) is 0 Å². The molecule has 0 unspecified atom stereocenters. The average molecular weight is 190 g/mol. The molecule has 0 fully saturated rings. The van der Waals surface area contributed by atoms with Gasteiger partial charge in [-0.1, -0.05) is 0 Å². The van der Waals surface area contributed by atoms with E-state index in [-0.39, 0.29) is 6.61 Å². The van der Waals surface area contributed by atoms with E-state index in [1.54, 1.807) is 13.8 Å². The van der Waals surface area contributed by atoms with Crippen LogP contribution in [-0.2, 0) is 6.42 Å². The zero-order valence-electron chi connectivity index (χ0n) is 7.59. The third kappa shape index (κ3) is 1.85. The summed E-state index contributed by atoms with van der Waals surface area (Å²) >= 11 is 0. The molecule has 13 heavy (non-hydrogen) atoms. The maximum absolute atomic E-state index is 12.3. The van der Waals surface area contributed by atoms with Gasteiger partial charge in [-0.15, -0.1) is 0 Å². The molecule has 1 rings (SSSR count). The van der Waals surface area contributed by atoms with E-state index in [0.29, 0.717) is 28.1 Å². The first-order valence-corrected chi connectivity index (χ1v) is 4.01. The van der Waals surface area contributed by atoms with Gasteiger partial charge >= 0.3 is 6.55 Å². The summed E-state index contributed by atoms with van der Waals surface area (Å²) < 4.78 is 25.3. The fraction of sp³-hybridized carbons (Fsp3) is 0.625. The van der Waals surface area contributed by atoms with E-state index in [1.807, 2.05) is 0 Å². The summed E-state index contributed by atoms with van der Waals surface area (Å²) in [6.45, 7) is 0.594. The summed E-state index contributed by atoms with van der Waals surface area (Å²) in [6.07, 6.45) is 0.379. The molecule has 0 aliphatic rings. The van der Waals surface area contributed by atoms with Crippen LogP contribution in [0.5, 0.6) is 0 Å². The quantitative estimate of drug-likeness (QED) is 0.782. The van der Waals surface area contributed by atoms with Crippen molar-refractivity contribution in [3.8, 4) is 0 Å². The minimum atomic E-state index is -2.61. The first-order valence-electron chi connectivity index (χ1n) is 4.01. The maximum atomic E-state index is 12.3. The van der Waals surface area contributed by atoms with E-state index >= 15 is 0 Å². The lowest BCUT2D eigenvalue weighted by Gasteiger charge is -2.02. The number of hydrogen-bond acceptors (Lipinski definition) is 2. The Morgan fingerprint density at radius 3 is 2.46 bits per heavy atom. The normalized spacial score (nSPS) is 11.2. The van der Waals surface area contributed by atoms with Gasteiger partial charge in [0.25, 0.3) is 0 Å². The molecule has 0 radical (unpaired) electrons. The van der Waals surface area contributed by atoms with Crippen LogP contribution in [0.3, 0.4) is 0 Å². The Kier molecular flexibility index (Phi) is 2.98. The molecular formula is C8H12F2N2O. The van der Waals surface area contributed by atoms with Crippen LogP contribution < -0.4 is 0 Å². The van der Waals surface area contributed by atoms with Crippen molar-refractivity contribution in [3.63, 3.8) is 0 Å². The van der Waals surface area contributed by atoms with E-state index < -0.39 is 6.55 Å². The molecule has 1 N–H and O–H groups in total. The van der Waals surface area contributed by atoms with Gasteiger partial charge in [0.2, 0.25) is 0 Å². The van der Waals surface area contributed by atoms with Crippen LogP contribution in [0, 0.1) is 13.8 Å². The molecular weight excluding hydrogens is 178 g/mol. The molecule has 5 heteroatoms. The highest BCUT2D eigenvalue weighted by atomic mass is 19.3. The van der Waals surface area contributed by atoms with E-state index in [2.05, 4.69) is 5.10 Å². The standard InChI is InChI=1S/C8H12F2N2O/c1-5-7(3-4-13)6(2)12(11-5)8(9)10/h8,13H,3-4H2,1-2H3. The lowest BCUT2D eigenvalue weighted by molar-refractivity contribution is 0.0540. The molecule has 0 aliphatic heterocycles. The SMILES string of the molecule is Cc1nn(C(F)F)c(C)c1CCO. The van der Waals surface area contributed by atoms with Crippen LogP contribution in [-0.4, -0.2) is 21.5 Å². The van der Waals surface area contributed by atoms with Gasteiger partial charge in [-0.3, -0.25) is 0 Å². The number of halogens is 2. The van der Waals surface area contributed by atoms with E-state index in [4.69, 9.17) is 5.11 Å². The van der Waals surface area contributed by atoms with Gasteiger partial charge in [0.1, 0.15) is 0 Å². The van der Waals surface area contributed by atoms with Gasteiger partial charge in [-0.25, -0.2) is 4.68 Å². The Bertz CT molecular complexity index is 297. The number of alkyl halides is 2. The number of aliphatic hydroxyl groups is 1. The van der Waals surface area contributed by atoms with E-state index in [9.17, 15) is 8.78 Å². The Morgan fingerprint density at radius 2 is 2.08 bits per heavy atom. The van der Waals surface area contributed by atoms with Gasteiger partial charge in [0.05, 0.1) is 5.69 Å². The number of aryl methyl sites for hydroxylation is 1. The minimum Gasteiger partial charge on any atom is -0.396 e. The molecule has 0 saturated heterocycles. The van der Waals surface area contributed by atoms with E-state index in [0.717, 1.165) is 0 Å². The summed E-state index contributed by atoms with van der Waals surface area (Å²) in [4.78, 5) is 0. The first-order chi connectivity index (χ1) is 6.07. The topological polar surface area (TPSA) is 38.0 Å². The first kappa shape index (κ1) is 10.1. The van der Waals surface area contributed by atoms with Gasteiger partial charge in [-0.2, -0.15) is 13.9 Å². The van der Waals surface area contributed by atoms with Gasteiger partial charge < -0.3 is 5.11 Å². The van der Waals surface area contributed by atoms with Crippen LogP contribution >= 0.6 is 0 Å². The molecule has 0 atom stereocenters. The molecule has 3 nitrogen and oxygen atoms in total. The zero-order valence-corrected chi connectivity index (χ0v) is 7.59. The highest BCUT2D eigenvalue weighted by Gasteiger charge is 2.16. The number of rotatable bonds is 3. The maximum Gasteiger partial charge on any atom is 0.333 e. The second-order valence-electron chi connectivity index (χ2n) is 2.85. The zero-order chi connectivity index (χ0) is 10.0. The lowest BCUT2D eigenvalue weighted by atomic mass is 10.1. The smallest absolute Gasteiger partial charge is 0.333 e. The number of aliphatic hydroxyl groups excluding tert-OH is 1. The highest BCUT2D eigenvalue weighted by Crippen LogP contribution is 2.19. The summed E-state index contributed by atoms with van der Waals surface area (Å²) in [5.41, 5.74) is 1.70. The molecule has 0 saturated carbocycles. The second kappa shape index (κ2) is 3.83. The van der Waals surface area contributed by atoms with Crippen molar-refractivity contribution in [2.24, 2.45) is 0 Å².